The quantitative estimate of drug-likeness (QED) is 0.678. The van der Waals surface area contributed by atoms with E-state index >= 15 is 0 Å². The van der Waals surface area contributed by atoms with Gasteiger partial charge in [-0.25, -0.2) is 9.78 Å². The van der Waals surface area contributed by atoms with Gasteiger partial charge in [0.1, 0.15) is 17.7 Å². The second kappa shape index (κ2) is 7.23. The van der Waals surface area contributed by atoms with Crippen molar-refractivity contribution in [2.45, 2.75) is 69.2 Å². The number of carbonyl (C=O) groups excluding carboxylic acids is 3. The molecule has 2 atom stereocenters. The fraction of sp³-hybridized carbons (Fsp3) is 0.619. The molecule has 1 spiro atoms. The molecule has 0 aromatic carbocycles. The number of imide groups is 1. The number of carbonyl (C=O) groups is 3. The predicted molar refractivity (Wildman–Crippen MR) is 105 cm³/mol. The Morgan fingerprint density at radius 2 is 2.13 bits per heavy atom. The molecular weight excluding hydrogens is 388 g/mol. The van der Waals surface area contributed by atoms with Gasteiger partial charge in [-0.1, -0.05) is 0 Å². The summed E-state index contributed by atoms with van der Waals surface area (Å²) in [4.78, 5) is 42.2. The molecule has 3 heterocycles. The number of nitrogens with zero attached hydrogens (tertiary/aromatic N) is 2. The maximum absolute atomic E-state index is 12.8. The minimum Gasteiger partial charge on any atom is -0.474 e. The number of primary amides is 1. The number of aromatic nitrogens is 1. The van der Waals surface area contributed by atoms with Crippen molar-refractivity contribution in [1.29, 1.82) is 0 Å². The van der Waals surface area contributed by atoms with Crippen molar-refractivity contribution in [3.05, 3.63) is 23.9 Å². The van der Waals surface area contributed by atoms with Crippen molar-refractivity contribution in [2.24, 2.45) is 11.1 Å². The highest BCUT2D eigenvalue weighted by Crippen LogP contribution is 2.58. The average molecular weight is 414 g/mol. The molecule has 160 valence electrons. The molecule has 4 aliphatic rings. The Hall–Kier alpha value is -2.68. The number of ether oxygens (including phenoxy) is 2. The maximum Gasteiger partial charge on any atom is 0.325 e. The van der Waals surface area contributed by atoms with E-state index in [9.17, 15) is 14.4 Å². The lowest BCUT2D eigenvalue weighted by atomic mass is 9.52. The smallest absolute Gasteiger partial charge is 0.325 e. The standard InChI is InChI=1S/C21H26N4O5/c22-17(26)15-4-1-5-23-18(15)30-14-10-21(11-14)8-12(9-21)25-19(27)16(24-20(25)28)7-13-3-2-6-29-13/h1,4-5,12-14,16H,2-3,6-11H2,(H2,22,26)(H,24,28). The summed E-state index contributed by atoms with van der Waals surface area (Å²) in [6.45, 7) is 0.733. The van der Waals surface area contributed by atoms with E-state index in [1.807, 2.05) is 0 Å². The number of urea groups is 1. The second-order valence-electron chi connectivity index (χ2n) is 9.01. The van der Waals surface area contributed by atoms with E-state index < -0.39 is 11.9 Å². The summed E-state index contributed by atoms with van der Waals surface area (Å²) in [5.41, 5.74) is 5.76. The highest BCUT2D eigenvalue weighted by atomic mass is 16.5. The van der Waals surface area contributed by atoms with Gasteiger partial charge in [-0.3, -0.25) is 14.5 Å². The summed E-state index contributed by atoms with van der Waals surface area (Å²) in [6, 6.07) is 2.45. The van der Waals surface area contributed by atoms with Crippen molar-refractivity contribution in [3.8, 4) is 5.88 Å². The van der Waals surface area contributed by atoms with E-state index in [2.05, 4.69) is 10.3 Å². The van der Waals surface area contributed by atoms with E-state index in [4.69, 9.17) is 15.2 Å². The monoisotopic (exact) mass is 414 g/mol. The Morgan fingerprint density at radius 1 is 1.33 bits per heavy atom. The van der Waals surface area contributed by atoms with Crippen LogP contribution in [0, 0.1) is 5.41 Å². The van der Waals surface area contributed by atoms with Crippen molar-refractivity contribution < 1.29 is 23.9 Å². The minimum absolute atomic E-state index is 0.0330. The van der Waals surface area contributed by atoms with Gasteiger partial charge in [0, 0.05) is 25.3 Å². The van der Waals surface area contributed by atoms with Gasteiger partial charge in [0.2, 0.25) is 5.88 Å². The Morgan fingerprint density at radius 3 is 2.83 bits per heavy atom. The van der Waals surface area contributed by atoms with Crippen molar-refractivity contribution in [1.82, 2.24) is 15.2 Å². The Bertz CT molecular complexity index is 870. The SMILES string of the molecule is NC(=O)c1cccnc1OC1CC2(C1)CC(N1C(=O)NC(CC3CCCO3)C1=O)C2. The van der Waals surface area contributed by atoms with Crippen LogP contribution in [0.2, 0.25) is 0 Å². The van der Waals surface area contributed by atoms with Crippen LogP contribution in [0.5, 0.6) is 5.88 Å². The molecule has 3 N–H and O–H groups in total. The second-order valence-corrected chi connectivity index (χ2v) is 9.01. The van der Waals surface area contributed by atoms with Crippen LogP contribution in [0.15, 0.2) is 18.3 Å². The minimum atomic E-state index is -0.563. The number of amides is 4. The first-order valence-electron chi connectivity index (χ1n) is 10.6. The topological polar surface area (TPSA) is 124 Å². The average Bonchev–Trinajstić information content (AvgIpc) is 3.25. The van der Waals surface area contributed by atoms with Crippen molar-refractivity contribution in [2.75, 3.05) is 6.61 Å². The lowest BCUT2D eigenvalue weighted by molar-refractivity contribution is -0.141. The Labute approximate surface area is 174 Å². The first kappa shape index (κ1) is 19.3. The molecule has 2 saturated carbocycles. The van der Waals surface area contributed by atoms with E-state index in [1.165, 1.54) is 4.90 Å². The third-order valence-electron chi connectivity index (χ3n) is 6.91. The zero-order valence-corrected chi connectivity index (χ0v) is 16.7. The normalized spacial score (nSPS) is 35.1. The largest absolute Gasteiger partial charge is 0.474 e. The molecule has 2 saturated heterocycles. The lowest BCUT2D eigenvalue weighted by Gasteiger charge is -2.58. The number of hydrogen-bond donors (Lipinski definition) is 2. The zero-order chi connectivity index (χ0) is 20.9. The van der Waals surface area contributed by atoms with Gasteiger partial charge in [-0.15, -0.1) is 0 Å². The van der Waals surface area contributed by atoms with Crippen LogP contribution in [0.3, 0.4) is 0 Å². The molecule has 2 aliphatic heterocycles. The number of nitrogens with two attached hydrogens (primary N) is 1. The van der Waals surface area contributed by atoms with E-state index in [0.29, 0.717) is 6.42 Å². The van der Waals surface area contributed by atoms with Gasteiger partial charge in [-0.05, 0) is 56.1 Å². The maximum atomic E-state index is 12.8. The van der Waals surface area contributed by atoms with Gasteiger partial charge < -0.3 is 20.5 Å². The molecule has 9 nitrogen and oxygen atoms in total. The summed E-state index contributed by atoms with van der Waals surface area (Å²) in [7, 11) is 0. The summed E-state index contributed by atoms with van der Waals surface area (Å²) in [5.74, 6) is -0.416. The van der Waals surface area contributed by atoms with Crippen LogP contribution < -0.4 is 15.8 Å². The lowest BCUT2D eigenvalue weighted by Crippen LogP contribution is -2.60. The molecule has 1 aromatic rings. The molecule has 4 fully saturated rings. The van der Waals surface area contributed by atoms with Crippen LogP contribution in [-0.4, -0.2) is 58.6 Å². The first-order chi connectivity index (χ1) is 14.4. The molecule has 0 radical (unpaired) electrons. The van der Waals surface area contributed by atoms with Crippen molar-refractivity contribution >= 4 is 17.8 Å². The molecule has 0 bridgehead atoms. The highest BCUT2D eigenvalue weighted by molar-refractivity contribution is 6.04. The molecular formula is C21H26N4O5. The number of nitrogens with one attached hydrogen (secondary N) is 1. The highest BCUT2D eigenvalue weighted by Gasteiger charge is 2.58. The van der Waals surface area contributed by atoms with Gasteiger partial charge >= 0.3 is 6.03 Å². The third kappa shape index (κ3) is 3.30. The van der Waals surface area contributed by atoms with Crippen LogP contribution in [0.4, 0.5) is 4.79 Å². The predicted octanol–water partition coefficient (Wildman–Crippen LogP) is 1.36. The third-order valence-corrected chi connectivity index (χ3v) is 6.91. The molecule has 9 heteroatoms. The van der Waals surface area contributed by atoms with Crippen molar-refractivity contribution in [3.63, 3.8) is 0 Å². The fourth-order valence-corrected chi connectivity index (χ4v) is 5.42. The summed E-state index contributed by atoms with van der Waals surface area (Å²) < 4.78 is 11.5. The zero-order valence-electron chi connectivity index (χ0n) is 16.7. The molecule has 2 aliphatic carbocycles. The van der Waals surface area contributed by atoms with Crippen LogP contribution in [0.1, 0.15) is 55.3 Å². The first-order valence-corrected chi connectivity index (χ1v) is 10.6. The van der Waals surface area contributed by atoms with Gasteiger partial charge in [0.05, 0.1) is 6.10 Å². The summed E-state index contributed by atoms with van der Waals surface area (Å²) in [6.07, 6.45) is 7.35. The van der Waals surface area contributed by atoms with E-state index in [0.717, 1.165) is 45.1 Å². The van der Waals surface area contributed by atoms with E-state index in [-0.39, 0.29) is 47.0 Å². The Kier molecular flexibility index (Phi) is 4.65. The molecule has 1 aromatic heterocycles. The van der Waals surface area contributed by atoms with Crippen LogP contribution in [0.25, 0.3) is 0 Å². The van der Waals surface area contributed by atoms with E-state index in [1.54, 1.807) is 18.3 Å². The van der Waals surface area contributed by atoms with Gasteiger partial charge in [0.25, 0.3) is 11.8 Å². The number of rotatable bonds is 6. The molecule has 2 unspecified atom stereocenters. The van der Waals surface area contributed by atoms with Gasteiger partial charge in [0.15, 0.2) is 0 Å². The van der Waals surface area contributed by atoms with Crippen LogP contribution in [-0.2, 0) is 9.53 Å². The number of pyridine rings is 1. The fourth-order valence-electron chi connectivity index (χ4n) is 5.42. The molecule has 4 amide bonds. The van der Waals surface area contributed by atoms with Crippen LogP contribution >= 0.6 is 0 Å². The molecule has 30 heavy (non-hydrogen) atoms. The Balaban J connectivity index is 1.13. The van der Waals surface area contributed by atoms with Gasteiger partial charge in [-0.2, -0.15) is 0 Å². The number of hydrogen-bond acceptors (Lipinski definition) is 6. The summed E-state index contributed by atoms with van der Waals surface area (Å²) >= 11 is 0. The molecule has 5 rings (SSSR count). The summed E-state index contributed by atoms with van der Waals surface area (Å²) in [5, 5.41) is 2.83.